The van der Waals surface area contributed by atoms with E-state index in [0.717, 1.165) is 5.56 Å². The predicted molar refractivity (Wildman–Crippen MR) is 109 cm³/mol. The molecule has 29 heavy (non-hydrogen) atoms. The Bertz CT molecular complexity index is 968. The van der Waals surface area contributed by atoms with Gasteiger partial charge in [0.15, 0.2) is 12.4 Å². The standard InChI is InChI=1S/C22H24N4O3/c1-16(2)25(14-18-9-5-4-6-10-18)21(27)15-29-22(28)19-13-24-26(17(19)3)20-11-7-8-12-23-20/h4-13,16H,14-15H2,1-3H3. The molecule has 0 spiro atoms. The molecule has 0 fully saturated rings. The molecular weight excluding hydrogens is 368 g/mol. The first-order chi connectivity index (χ1) is 14.0. The molecule has 3 aromatic rings. The van der Waals surface area contributed by atoms with E-state index >= 15 is 0 Å². The van der Waals surface area contributed by atoms with Crippen molar-refractivity contribution >= 4 is 11.9 Å². The molecule has 7 heteroatoms. The zero-order chi connectivity index (χ0) is 20.8. The number of amides is 1. The van der Waals surface area contributed by atoms with E-state index in [4.69, 9.17) is 4.74 Å². The van der Waals surface area contributed by atoms with E-state index in [1.165, 1.54) is 6.20 Å². The number of benzene rings is 1. The van der Waals surface area contributed by atoms with Crippen LogP contribution in [0.4, 0.5) is 0 Å². The molecule has 0 aliphatic rings. The second kappa shape index (κ2) is 9.14. The third-order valence-electron chi connectivity index (χ3n) is 4.56. The largest absolute Gasteiger partial charge is 0.452 e. The van der Waals surface area contributed by atoms with Gasteiger partial charge in [0.2, 0.25) is 0 Å². The quantitative estimate of drug-likeness (QED) is 0.577. The fraction of sp³-hybridized carbons (Fsp3) is 0.273. The summed E-state index contributed by atoms with van der Waals surface area (Å²) >= 11 is 0. The number of esters is 1. The van der Waals surface area contributed by atoms with Crippen LogP contribution in [-0.4, -0.2) is 44.2 Å². The van der Waals surface area contributed by atoms with Crippen LogP contribution in [0.5, 0.6) is 0 Å². The Kier molecular flexibility index (Phi) is 6.39. The number of carbonyl (C=O) groups excluding carboxylic acids is 2. The van der Waals surface area contributed by atoms with Crippen molar-refractivity contribution in [3.05, 3.63) is 77.7 Å². The van der Waals surface area contributed by atoms with Crippen molar-refractivity contribution in [2.45, 2.75) is 33.4 Å². The first kappa shape index (κ1) is 20.3. The number of hydrogen-bond acceptors (Lipinski definition) is 5. The molecule has 0 aliphatic heterocycles. The normalized spacial score (nSPS) is 10.8. The van der Waals surface area contributed by atoms with Gasteiger partial charge in [-0.15, -0.1) is 0 Å². The number of rotatable bonds is 7. The summed E-state index contributed by atoms with van der Waals surface area (Å²) in [5.74, 6) is -0.220. The summed E-state index contributed by atoms with van der Waals surface area (Å²) in [4.78, 5) is 31.1. The monoisotopic (exact) mass is 392 g/mol. The number of carbonyl (C=O) groups is 2. The summed E-state index contributed by atoms with van der Waals surface area (Å²) in [5, 5.41) is 4.21. The summed E-state index contributed by atoms with van der Waals surface area (Å²) in [6.07, 6.45) is 3.08. The molecule has 2 heterocycles. The summed E-state index contributed by atoms with van der Waals surface area (Å²) in [5.41, 5.74) is 1.93. The lowest BCUT2D eigenvalue weighted by molar-refractivity contribution is -0.136. The summed E-state index contributed by atoms with van der Waals surface area (Å²) < 4.78 is 6.85. The van der Waals surface area contributed by atoms with E-state index in [2.05, 4.69) is 10.1 Å². The average molecular weight is 392 g/mol. The molecule has 0 atom stereocenters. The molecule has 150 valence electrons. The second-order valence-corrected chi connectivity index (χ2v) is 6.92. The first-order valence-corrected chi connectivity index (χ1v) is 9.44. The number of pyridine rings is 1. The Morgan fingerprint density at radius 3 is 2.48 bits per heavy atom. The molecule has 0 aliphatic carbocycles. The minimum Gasteiger partial charge on any atom is -0.452 e. The highest BCUT2D eigenvalue weighted by Crippen LogP contribution is 2.14. The molecule has 1 amide bonds. The minimum atomic E-state index is -0.582. The molecular formula is C22H24N4O3. The van der Waals surface area contributed by atoms with Crippen molar-refractivity contribution in [3.63, 3.8) is 0 Å². The summed E-state index contributed by atoms with van der Waals surface area (Å²) in [6.45, 7) is 5.77. The van der Waals surface area contributed by atoms with Gasteiger partial charge < -0.3 is 9.64 Å². The van der Waals surface area contributed by atoms with E-state index in [1.54, 1.807) is 34.8 Å². The Morgan fingerprint density at radius 1 is 1.10 bits per heavy atom. The molecule has 0 bridgehead atoms. The van der Waals surface area contributed by atoms with Gasteiger partial charge in [0.25, 0.3) is 5.91 Å². The van der Waals surface area contributed by atoms with Crippen molar-refractivity contribution in [1.29, 1.82) is 0 Å². The van der Waals surface area contributed by atoms with E-state index in [-0.39, 0.29) is 18.6 Å². The maximum absolute atomic E-state index is 12.7. The highest BCUT2D eigenvalue weighted by atomic mass is 16.5. The molecule has 2 aromatic heterocycles. The lowest BCUT2D eigenvalue weighted by atomic mass is 10.2. The van der Waals surface area contributed by atoms with Crippen LogP contribution in [-0.2, 0) is 16.1 Å². The van der Waals surface area contributed by atoms with Gasteiger partial charge in [-0.2, -0.15) is 5.10 Å². The molecule has 0 saturated heterocycles. The van der Waals surface area contributed by atoms with Crippen LogP contribution < -0.4 is 0 Å². The predicted octanol–water partition coefficient (Wildman–Crippen LogP) is 3.17. The summed E-state index contributed by atoms with van der Waals surface area (Å²) in [7, 11) is 0. The maximum Gasteiger partial charge on any atom is 0.342 e. The minimum absolute atomic E-state index is 0.0185. The van der Waals surface area contributed by atoms with Crippen molar-refractivity contribution < 1.29 is 14.3 Å². The molecule has 7 nitrogen and oxygen atoms in total. The van der Waals surface area contributed by atoms with Crippen LogP contribution in [0.1, 0.15) is 35.5 Å². The second-order valence-electron chi connectivity index (χ2n) is 6.92. The van der Waals surface area contributed by atoms with Crippen molar-refractivity contribution in [2.24, 2.45) is 0 Å². The van der Waals surface area contributed by atoms with Crippen LogP contribution in [0.2, 0.25) is 0 Å². The molecule has 1 aromatic carbocycles. The fourth-order valence-corrected chi connectivity index (χ4v) is 2.95. The fourth-order valence-electron chi connectivity index (χ4n) is 2.95. The topological polar surface area (TPSA) is 77.3 Å². The molecule has 3 rings (SSSR count). The van der Waals surface area contributed by atoms with E-state index < -0.39 is 5.97 Å². The highest BCUT2D eigenvalue weighted by Gasteiger charge is 2.22. The Balaban J connectivity index is 1.65. The van der Waals surface area contributed by atoms with Crippen LogP contribution in [0.3, 0.4) is 0 Å². The van der Waals surface area contributed by atoms with Gasteiger partial charge in [0, 0.05) is 18.8 Å². The van der Waals surface area contributed by atoms with Crippen LogP contribution in [0.15, 0.2) is 60.9 Å². The van der Waals surface area contributed by atoms with E-state index in [9.17, 15) is 9.59 Å². The van der Waals surface area contributed by atoms with Gasteiger partial charge in [0.1, 0.15) is 5.56 Å². The smallest absolute Gasteiger partial charge is 0.342 e. The Labute approximate surface area is 169 Å². The third-order valence-corrected chi connectivity index (χ3v) is 4.56. The lowest BCUT2D eigenvalue weighted by Crippen LogP contribution is -2.39. The zero-order valence-corrected chi connectivity index (χ0v) is 16.8. The highest BCUT2D eigenvalue weighted by molar-refractivity contribution is 5.92. The van der Waals surface area contributed by atoms with Gasteiger partial charge in [-0.1, -0.05) is 36.4 Å². The van der Waals surface area contributed by atoms with Crippen LogP contribution in [0, 0.1) is 6.92 Å². The molecule has 0 N–H and O–H groups in total. The van der Waals surface area contributed by atoms with Gasteiger partial charge in [-0.05, 0) is 38.5 Å². The van der Waals surface area contributed by atoms with Gasteiger partial charge >= 0.3 is 5.97 Å². The lowest BCUT2D eigenvalue weighted by Gasteiger charge is -2.26. The average Bonchev–Trinajstić information content (AvgIpc) is 3.12. The van der Waals surface area contributed by atoms with Crippen LogP contribution in [0.25, 0.3) is 5.82 Å². The third kappa shape index (κ3) is 4.87. The number of ether oxygens (including phenoxy) is 1. The maximum atomic E-state index is 12.7. The van der Waals surface area contributed by atoms with E-state index in [1.807, 2.05) is 50.2 Å². The SMILES string of the molecule is Cc1c(C(=O)OCC(=O)N(Cc2ccccc2)C(C)C)cnn1-c1ccccn1. The zero-order valence-electron chi connectivity index (χ0n) is 16.8. The van der Waals surface area contributed by atoms with Gasteiger partial charge in [-0.25, -0.2) is 14.5 Å². The number of hydrogen-bond donors (Lipinski definition) is 0. The van der Waals surface area contributed by atoms with Crippen molar-refractivity contribution in [1.82, 2.24) is 19.7 Å². The van der Waals surface area contributed by atoms with Gasteiger partial charge in [0.05, 0.1) is 11.9 Å². The van der Waals surface area contributed by atoms with Crippen molar-refractivity contribution in [3.8, 4) is 5.82 Å². The first-order valence-electron chi connectivity index (χ1n) is 9.44. The molecule has 0 unspecified atom stereocenters. The Hall–Kier alpha value is -3.48. The Morgan fingerprint density at radius 2 is 1.83 bits per heavy atom. The van der Waals surface area contributed by atoms with Crippen molar-refractivity contribution in [2.75, 3.05) is 6.61 Å². The van der Waals surface area contributed by atoms with Crippen LogP contribution >= 0.6 is 0 Å². The van der Waals surface area contributed by atoms with E-state index in [0.29, 0.717) is 23.6 Å². The molecule has 0 saturated carbocycles. The summed E-state index contributed by atoms with van der Waals surface area (Å²) in [6, 6.07) is 15.1. The number of nitrogens with zero attached hydrogens (tertiary/aromatic N) is 4. The number of aromatic nitrogens is 3. The van der Waals surface area contributed by atoms with Gasteiger partial charge in [-0.3, -0.25) is 4.79 Å². The molecule has 0 radical (unpaired) electrons.